The molecule has 0 spiro atoms. The van der Waals surface area contributed by atoms with Crippen LogP contribution in [0.15, 0.2) is 0 Å². The molecule has 120 valence electrons. The van der Waals surface area contributed by atoms with Gasteiger partial charge in [-0.25, -0.2) is 0 Å². The van der Waals surface area contributed by atoms with Crippen LogP contribution in [0.2, 0.25) is 0 Å². The third-order valence-electron chi connectivity index (χ3n) is 8.93. The van der Waals surface area contributed by atoms with Crippen molar-refractivity contribution in [3.05, 3.63) is 0 Å². The van der Waals surface area contributed by atoms with Crippen molar-refractivity contribution in [2.24, 2.45) is 40.4 Å². The number of fused-ring (bicyclic) bond motifs is 5. The van der Waals surface area contributed by atoms with E-state index < -0.39 is 0 Å². The lowest BCUT2D eigenvalue weighted by molar-refractivity contribution is -0.104. The minimum Gasteiger partial charge on any atom is -0.316 e. The molecule has 21 heavy (non-hydrogen) atoms. The van der Waals surface area contributed by atoms with Crippen LogP contribution >= 0.6 is 0 Å². The summed E-state index contributed by atoms with van der Waals surface area (Å²) in [5, 5.41) is 3.75. The normalized spacial score (nSPS) is 56.4. The molecule has 1 heteroatoms. The molecular weight excluding hydrogens is 254 g/mol. The van der Waals surface area contributed by atoms with Gasteiger partial charge in [0.15, 0.2) is 0 Å². The standard InChI is InChI=1S/C20H35N/c1-4-14-6-8-17-16-7-5-15-10-12-21-13-20(15,3)18(16)9-11-19(14,17)2/h14-18,21H,4-13H2,1-3H3/t14-,15?,16-,17-,18-,19+,20-/m0/s1. The molecule has 4 rings (SSSR count). The molecule has 0 aromatic rings. The number of rotatable bonds is 1. The van der Waals surface area contributed by atoms with Gasteiger partial charge < -0.3 is 5.32 Å². The Kier molecular flexibility index (Phi) is 3.45. The van der Waals surface area contributed by atoms with Crippen LogP contribution in [-0.4, -0.2) is 13.1 Å². The molecule has 0 amide bonds. The van der Waals surface area contributed by atoms with Crippen molar-refractivity contribution < 1.29 is 0 Å². The van der Waals surface area contributed by atoms with E-state index in [-0.39, 0.29) is 0 Å². The topological polar surface area (TPSA) is 12.0 Å². The van der Waals surface area contributed by atoms with E-state index in [1.807, 2.05) is 0 Å². The van der Waals surface area contributed by atoms with Crippen LogP contribution in [0, 0.1) is 40.4 Å². The number of hydrogen-bond donors (Lipinski definition) is 1. The van der Waals surface area contributed by atoms with Crippen LogP contribution < -0.4 is 5.32 Å². The summed E-state index contributed by atoms with van der Waals surface area (Å²) in [5.74, 6) is 5.19. The van der Waals surface area contributed by atoms with Crippen molar-refractivity contribution in [1.82, 2.24) is 5.32 Å². The fraction of sp³-hybridized carbons (Fsp3) is 1.00. The van der Waals surface area contributed by atoms with Crippen molar-refractivity contribution in [2.75, 3.05) is 13.1 Å². The number of nitrogens with one attached hydrogen (secondary N) is 1. The van der Waals surface area contributed by atoms with Gasteiger partial charge in [0.25, 0.3) is 0 Å². The second-order valence-electron chi connectivity index (χ2n) is 9.35. The van der Waals surface area contributed by atoms with Crippen LogP contribution in [0.25, 0.3) is 0 Å². The first kappa shape index (κ1) is 14.5. The van der Waals surface area contributed by atoms with Gasteiger partial charge in [-0.15, -0.1) is 0 Å². The van der Waals surface area contributed by atoms with Crippen molar-refractivity contribution in [2.45, 2.75) is 72.1 Å². The first-order chi connectivity index (χ1) is 10.1. The molecule has 4 aliphatic rings. The van der Waals surface area contributed by atoms with Gasteiger partial charge in [-0.05, 0) is 91.9 Å². The molecule has 4 fully saturated rings. The summed E-state index contributed by atoms with van der Waals surface area (Å²) in [5.41, 5.74) is 1.31. The van der Waals surface area contributed by atoms with Crippen LogP contribution in [0.3, 0.4) is 0 Å². The lowest BCUT2D eigenvalue weighted by Crippen LogP contribution is -2.57. The fourth-order valence-corrected chi connectivity index (χ4v) is 7.70. The van der Waals surface area contributed by atoms with Crippen LogP contribution in [0.4, 0.5) is 0 Å². The van der Waals surface area contributed by atoms with E-state index in [0.29, 0.717) is 10.8 Å². The smallest absolute Gasteiger partial charge is 0.00106 e. The van der Waals surface area contributed by atoms with E-state index in [0.717, 1.165) is 29.6 Å². The Hall–Kier alpha value is -0.0400. The van der Waals surface area contributed by atoms with Crippen molar-refractivity contribution in [3.8, 4) is 0 Å². The zero-order valence-electron chi connectivity index (χ0n) is 14.5. The van der Waals surface area contributed by atoms with Gasteiger partial charge in [-0.3, -0.25) is 0 Å². The summed E-state index contributed by atoms with van der Waals surface area (Å²) >= 11 is 0. The molecule has 1 N–H and O–H groups in total. The third-order valence-corrected chi connectivity index (χ3v) is 8.93. The first-order valence-corrected chi connectivity index (χ1v) is 9.80. The van der Waals surface area contributed by atoms with Crippen molar-refractivity contribution >= 4 is 0 Å². The minimum atomic E-state index is 0.618. The van der Waals surface area contributed by atoms with E-state index in [4.69, 9.17) is 0 Å². The highest BCUT2D eigenvalue weighted by atomic mass is 14.9. The average Bonchev–Trinajstić information content (AvgIpc) is 2.83. The second kappa shape index (κ2) is 4.98. The van der Waals surface area contributed by atoms with Crippen LogP contribution in [-0.2, 0) is 0 Å². The van der Waals surface area contributed by atoms with E-state index in [1.54, 1.807) is 12.8 Å². The summed E-state index contributed by atoms with van der Waals surface area (Å²) < 4.78 is 0. The molecule has 1 nitrogen and oxygen atoms in total. The van der Waals surface area contributed by atoms with Crippen molar-refractivity contribution in [3.63, 3.8) is 0 Å². The van der Waals surface area contributed by atoms with Crippen molar-refractivity contribution in [1.29, 1.82) is 0 Å². The SMILES string of the molecule is CC[C@H]1CC[C@H]2[C@@H]3CCC4CCNC[C@]4(C)[C@H]3CC[C@]12C. The molecule has 1 aliphatic heterocycles. The number of piperidine rings is 1. The third kappa shape index (κ3) is 1.92. The van der Waals surface area contributed by atoms with Gasteiger partial charge in [-0.2, -0.15) is 0 Å². The molecular formula is C20H35N. The maximum Gasteiger partial charge on any atom is 0.00106 e. The Morgan fingerprint density at radius 1 is 0.905 bits per heavy atom. The molecule has 1 saturated heterocycles. The summed E-state index contributed by atoms with van der Waals surface area (Å²) in [6.45, 7) is 10.3. The van der Waals surface area contributed by atoms with Crippen LogP contribution in [0.5, 0.6) is 0 Å². The summed E-state index contributed by atoms with van der Waals surface area (Å²) in [7, 11) is 0. The molecule has 3 saturated carbocycles. The Morgan fingerprint density at radius 2 is 1.71 bits per heavy atom. The lowest BCUT2D eigenvalue weighted by atomic mass is 9.46. The lowest BCUT2D eigenvalue weighted by Gasteiger charge is -2.60. The van der Waals surface area contributed by atoms with Gasteiger partial charge in [0.2, 0.25) is 0 Å². The highest BCUT2D eigenvalue weighted by Crippen LogP contribution is 2.66. The summed E-state index contributed by atoms with van der Waals surface area (Å²) in [6.07, 6.45) is 12.1. The Balaban J connectivity index is 1.62. The quantitative estimate of drug-likeness (QED) is 0.726. The van der Waals surface area contributed by atoms with E-state index in [1.165, 1.54) is 51.6 Å². The van der Waals surface area contributed by atoms with Gasteiger partial charge in [0, 0.05) is 6.54 Å². The fourth-order valence-electron chi connectivity index (χ4n) is 7.70. The molecule has 1 unspecified atom stereocenters. The largest absolute Gasteiger partial charge is 0.316 e. The first-order valence-electron chi connectivity index (χ1n) is 9.80. The highest BCUT2D eigenvalue weighted by molar-refractivity contribution is 5.09. The predicted molar refractivity (Wildman–Crippen MR) is 89.1 cm³/mol. The molecule has 3 aliphatic carbocycles. The monoisotopic (exact) mass is 289 g/mol. The summed E-state index contributed by atoms with van der Waals surface area (Å²) in [6, 6.07) is 0. The Labute approximate surface area is 131 Å². The second-order valence-corrected chi connectivity index (χ2v) is 9.35. The van der Waals surface area contributed by atoms with E-state index in [9.17, 15) is 0 Å². The molecule has 0 aromatic heterocycles. The molecule has 1 heterocycles. The maximum absolute atomic E-state index is 3.75. The minimum absolute atomic E-state index is 0.618. The van der Waals surface area contributed by atoms with Gasteiger partial charge in [0.1, 0.15) is 0 Å². The van der Waals surface area contributed by atoms with E-state index in [2.05, 4.69) is 26.1 Å². The highest BCUT2D eigenvalue weighted by Gasteiger charge is 2.59. The average molecular weight is 290 g/mol. The molecule has 0 bridgehead atoms. The van der Waals surface area contributed by atoms with Gasteiger partial charge in [0.05, 0.1) is 0 Å². The molecule has 0 radical (unpaired) electrons. The van der Waals surface area contributed by atoms with E-state index >= 15 is 0 Å². The van der Waals surface area contributed by atoms with Gasteiger partial charge in [-0.1, -0.05) is 27.2 Å². The zero-order chi connectivity index (χ0) is 14.7. The molecule has 7 atom stereocenters. The predicted octanol–water partition coefficient (Wildman–Crippen LogP) is 4.86. The zero-order valence-corrected chi connectivity index (χ0v) is 14.5. The van der Waals surface area contributed by atoms with Gasteiger partial charge >= 0.3 is 0 Å². The Morgan fingerprint density at radius 3 is 2.52 bits per heavy atom. The van der Waals surface area contributed by atoms with Crippen LogP contribution in [0.1, 0.15) is 72.1 Å². The Bertz CT molecular complexity index is 405. The molecule has 0 aromatic carbocycles. The summed E-state index contributed by atoms with van der Waals surface area (Å²) in [4.78, 5) is 0. The maximum atomic E-state index is 3.75. The number of hydrogen-bond acceptors (Lipinski definition) is 1.